The Balaban J connectivity index is 1.81. The molecule has 0 spiro atoms. The summed E-state index contributed by atoms with van der Waals surface area (Å²) in [5.74, 6) is 0.779. The third-order valence-corrected chi connectivity index (χ3v) is 5.45. The van der Waals surface area contributed by atoms with Gasteiger partial charge in [-0.2, -0.15) is 5.10 Å². The molecule has 2 aromatic carbocycles. The number of hydrogen-bond donors (Lipinski definition) is 1. The Morgan fingerprint density at radius 2 is 2.04 bits per heavy atom. The summed E-state index contributed by atoms with van der Waals surface area (Å²) in [5.41, 5.74) is 4.31. The minimum Gasteiger partial charge on any atom is -0.493 e. The quantitative estimate of drug-likeness (QED) is 0.511. The fraction of sp³-hybridized carbons (Fsp3) is 0.158. The molecule has 5 nitrogen and oxygen atoms in total. The molecule has 134 valence electrons. The van der Waals surface area contributed by atoms with E-state index in [0.717, 1.165) is 15.6 Å². The molecule has 0 aliphatic heterocycles. The Morgan fingerprint density at radius 1 is 1.23 bits per heavy atom. The second-order valence-electron chi connectivity index (χ2n) is 5.53. The highest BCUT2D eigenvalue weighted by atomic mass is 35.5. The molecule has 3 rings (SSSR count). The number of nitrogens with zero attached hydrogens (tertiary/aromatic N) is 1. The van der Waals surface area contributed by atoms with E-state index in [2.05, 4.69) is 10.5 Å². The Hall–Kier alpha value is -2.57. The van der Waals surface area contributed by atoms with Crippen molar-refractivity contribution in [2.45, 2.75) is 6.92 Å². The maximum atomic E-state index is 12.4. The predicted octanol–water partition coefficient (Wildman–Crippen LogP) is 4.64. The van der Waals surface area contributed by atoms with Crippen LogP contribution in [0, 0.1) is 6.92 Å². The van der Waals surface area contributed by atoms with Crippen LogP contribution in [-0.4, -0.2) is 26.3 Å². The molecule has 1 amide bonds. The van der Waals surface area contributed by atoms with Gasteiger partial charge in [-0.15, -0.1) is 11.3 Å². The van der Waals surface area contributed by atoms with Crippen LogP contribution in [0.15, 0.2) is 41.5 Å². The van der Waals surface area contributed by atoms with Gasteiger partial charge in [0.25, 0.3) is 5.91 Å². The van der Waals surface area contributed by atoms with E-state index in [1.54, 1.807) is 20.3 Å². The number of fused-ring (bicyclic) bond motifs is 1. The number of ether oxygens (including phenoxy) is 2. The maximum Gasteiger partial charge on any atom is 0.283 e. The van der Waals surface area contributed by atoms with Gasteiger partial charge in [0.1, 0.15) is 4.88 Å². The Bertz CT molecular complexity index is 998. The van der Waals surface area contributed by atoms with E-state index in [4.69, 9.17) is 21.1 Å². The van der Waals surface area contributed by atoms with Gasteiger partial charge in [-0.3, -0.25) is 4.79 Å². The number of benzene rings is 2. The molecule has 1 heterocycles. The van der Waals surface area contributed by atoms with Crippen LogP contribution in [0.1, 0.15) is 20.8 Å². The summed E-state index contributed by atoms with van der Waals surface area (Å²) in [6.45, 7) is 2.00. The average Bonchev–Trinajstić information content (AvgIpc) is 2.97. The van der Waals surface area contributed by atoms with Crippen molar-refractivity contribution in [3.8, 4) is 11.5 Å². The Morgan fingerprint density at radius 3 is 2.77 bits per heavy atom. The molecule has 1 aromatic heterocycles. The van der Waals surface area contributed by atoms with Gasteiger partial charge in [0.15, 0.2) is 11.5 Å². The van der Waals surface area contributed by atoms with E-state index in [1.807, 2.05) is 37.3 Å². The van der Waals surface area contributed by atoms with Crippen LogP contribution in [0.2, 0.25) is 5.02 Å². The number of halogens is 1. The number of carbonyl (C=O) groups excluding carboxylic acids is 1. The molecule has 7 heteroatoms. The van der Waals surface area contributed by atoms with Crippen LogP contribution >= 0.6 is 22.9 Å². The predicted molar refractivity (Wildman–Crippen MR) is 106 cm³/mol. The van der Waals surface area contributed by atoms with Gasteiger partial charge >= 0.3 is 0 Å². The van der Waals surface area contributed by atoms with Crippen LogP contribution in [-0.2, 0) is 0 Å². The first-order valence-electron chi connectivity index (χ1n) is 7.78. The molecular formula is C19H17ClN2O3S. The van der Waals surface area contributed by atoms with Gasteiger partial charge in [-0.1, -0.05) is 29.8 Å². The first-order chi connectivity index (χ1) is 12.5. The van der Waals surface area contributed by atoms with Gasteiger partial charge in [-0.05, 0) is 30.7 Å². The van der Waals surface area contributed by atoms with Crippen molar-refractivity contribution in [3.63, 3.8) is 0 Å². The SMILES string of the molecule is COc1cccc(C=NNC(=O)c2sc3cc(C)ccc3c2Cl)c1OC. The molecule has 0 saturated carbocycles. The van der Waals surface area contributed by atoms with Gasteiger partial charge in [-0.25, -0.2) is 5.43 Å². The zero-order valence-electron chi connectivity index (χ0n) is 14.5. The van der Waals surface area contributed by atoms with E-state index >= 15 is 0 Å². The first kappa shape index (κ1) is 18.2. The van der Waals surface area contributed by atoms with Gasteiger partial charge in [0.2, 0.25) is 0 Å². The average molecular weight is 389 g/mol. The molecule has 26 heavy (non-hydrogen) atoms. The molecule has 0 unspecified atom stereocenters. The summed E-state index contributed by atoms with van der Waals surface area (Å²) in [6, 6.07) is 11.3. The highest BCUT2D eigenvalue weighted by Gasteiger charge is 2.17. The summed E-state index contributed by atoms with van der Waals surface area (Å²) in [5, 5.41) is 5.33. The minimum absolute atomic E-state index is 0.355. The van der Waals surface area contributed by atoms with E-state index in [0.29, 0.717) is 27.0 Å². The molecule has 0 aliphatic rings. The number of amides is 1. The summed E-state index contributed by atoms with van der Waals surface area (Å²) in [4.78, 5) is 12.9. The lowest BCUT2D eigenvalue weighted by atomic mass is 10.2. The normalized spacial score (nSPS) is 11.1. The van der Waals surface area contributed by atoms with Crippen LogP contribution in [0.3, 0.4) is 0 Å². The molecule has 0 atom stereocenters. The molecule has 0 fully saturated rings. The first-order valence-corrected chi connectivity index (χ1v) is 8.97. The molecule has 3 aromatic rings. The van der Waals surface area contributed by atoms with Gasteiger partial charge in [0, 0.05) is 15.6 Å². The number of methoxy groups -OCH3 is 2. The lowest BCUT2D eigenvalue weighted by molar-refractivity contribution is 0.0959. The van der Waals surface area contributed by atoms with E-state index in [1.165, 1.54) is 17.6 Å². The fourth-order valence-corrected chi connectivity index (χ4v) is 4.05. The number of hydrogen-bond acceptors (Lipinski definition) is 5. The van der Waals surface area contributed by atoms with Crippen LogP contribution in [0.4, 0.5) is 0 Å². The van der Waals surface area contributed by atoms with Crippen molar-refractivity contribution in [1.29, 1.82) is 0 Å². The Kier molecular flexibility index (Phi) is 5.44. The molecule has 0 aliphatic carbocycles. The molecule has 0 radical (unpaired) electrons. The van der Waals surface area contributed by atoms with E-state index in [9.17, 15) is 4.79 Å². The lowest BCUT2D eigenvalue weighted by Crippen LogP contribution is -2.16. The van der Waals surface area contributed by atoms with Crippen LogP contribution in [0.25, 0.3) is 10.1 Å². The second kappa shape index (κ2) is 7.76. The van der Waals surface area contributed by atoms with Crippen molar-refractivity contribution < 1.29 is 14.3 Å². The summed E-state index contributed by atoms with van der Waals surface area (Å²) in [7, 11) is 3.11. The zero-order chi connectivity index (χ0) is 18.7. The van der Waals surface area contributed by atoms with Crippen LogP contribution < -0.4 is 14.9 Å². The van der Waals surface area contributed by atoms with Crippen molar-refractivity contribution in [1.82, 2.24) is 5.43 Å². The number of carbonyl (C=O) groups is 1. The topological polar surface area (TPSA) is 59.9 Å². The number of aryl methyl sites for hydroxylation is 1. The van der Waals surface area contributed by atoms with Gasteiger partial charge < -0.3 is 9.47 Å². The van der Waals surface area contributed by atoms with Crippen molar-refractivity contribution in [2.24, 2.45) is 5.10 Å². The molecule has 0 bridgehead atoms. The summed E-state index contributed by atoms with van der Waals surface area (Å²) < 4.78 is 11.5. The van der Waals surface area contributed by atoms with Gasteiger partial charge in [0.05, 0.1) is 25.5 Å². The summed E-state index contributed by atoms with van der Waals surface area (Å²) in [6.07, 6.45) is 1.50. The highest BCUT2D eigenvalue weighted by Crippen LogP contribution is 2.35. The third kappa shape index (κ3) is 3.52. The van der Waals surface area contributed by atoms with Crippen LogP contribution in [0.5, 0.6) is 11.5 Å². The lowest BCUT2D eigenvalue weighted by Gasteiger charge is -2.09. The highest BCUT2D eigenvalue weighted by molar-refractivity contribution is 7.21. The van der Waals surface area contributed by atoms with Crippen molar-refractivity contribution in [3.05, 3.63) is 57.4 Å². The number of para-hydroxylation sites is 1. The minimum atomic E-state index is -0.355. The number of thiophene rings is 1. The standard InChI is InChI=1S/C19H17ClN2O3S/c1-11-7-8-13-15(9-11)26-18(16(13)20)19(23)22-21-10-12-5-4-6-14(24-2)17(12)25-3/h4-10H,1-3H3,(H,22,23). The number of rotatable bonds is 5. The Labute approximate surface area is 160 Å². The van der Waals surface area contributed by atoms with E-state index in [-0.39, 0.29) is 5.91 Å². The second-order valence-corrected chi connectivity index (χ2v) is 6.96. The summed E-state index contributed by atoms with van der Waals surface area (Å²) >= 11 is 7.69. The molecule has 1 N–H and O–H groups in total. The van der Waals surface area contributed by atoms with E-state index < -0.39 is 0 Å². The molecular weight excluding hydrogens is 372 g/mol. The zero-order valence-corrected chi connectivity index (χ0v) is 16.1. The van der Waals surface area contributed by atoms with Crippen molar-refractivity contribution >= 4 is 45.1 Å². The molecule has 0 saturated heterocycles. The number of hydrazone groups is 1. The fourth-order valence-electron chi connectivity index (χ4n) is 2.54. The smallest absolute Gasteiger partial charge is 0.283 e. The largest absolute Gasteiger partial charge is 0.493 e. The van der Waals surface area contributed by atoms with Crippen molar-refractivity contribution in [2.75, 3.05) is 14.2 Å². The third-order valence-electron chi connectivity index (χ3n) is 3.79. The maximum absolute atomic E-state index is 12.4. The monoisotopic (exact) mass is 388 g/mol. The number of nitrogens with one attached hydrogen (secondary N) is 1.